The molecule has 1 saturated carbocycles. The Balaban J connectivity index is 1.08. The topological polar surface area (TPSA) is 129 Å². The van der Waals surface area contributed by atoms with E-state index < -0.39 is 10.0 Å². The highest BCUT2D eigenvalue weighted by Gasteiger charge is 2.24. The second kappa shape index (κ2) is 13.4. The molecule has 0 amide bonds. The first kappa shape index (κ1) is 30.8. The molecule has 10 nitrogen and oxygen atoms in total. The lowest BCUT2D eigenvalue weighted by Crippen LogP contribution is -2.39. The predicted octanol–water partition coefficient (Wildman–Crippen LogP) is 5.39. The Bertz CT molecular complexity index is 1840. The van der Waals surface area contributed by atoms with Crippen molar-refractivity contribution in [2.24, 2.45) is 5.92 Å². The molecule has 4 aromatic rings. The van der Waals surface area contributed by atoms with Crippen LogP contribution < -0.4 is 25.6 Å². The number of hydrogen-bond acceptors (Lipinski definition) is 6. The fourth-order valence-corrected chi connectivity index (χ4v) is 7.59. The van der Waals surface area contributed by atoms with Crippen LogP contribution in [0.5, 0.6) is 5.75 Å². The first-order chi connectivity index (χ1) is 21.8. The molecule has 2 aromatic carbocycles. The number of H-pyrrole nitrogens is 2. The van der Waals surface area contributed by atoms with E-state index in [0.717, 1.165) is 42.9 Å². The molecule has 2 aliphatic rings. The van der Waals surface area contributed by atoms with Crippen LogP contribution in [0, 0.1) is 5.92 Å². The van der Waals surface area contributed by atoms with Gasteiger partial charge in [0.15, 0.2) is 0 Å². The van der Waals surface area contributed by atoms with E-state index in [0.29, 0.717) is 35.9 Å². The van der Waals surface area contributed by atoms with E-state index in [1.807, 2.05) is 30.2 Å². The van der Waals surface area contributed by atoms with Crippen molar-refractivity contribution in [2.75, 3.05) is 22.7 Å². The number of likely N-dealkylation sites (N-methyl/N-ethyl adjacent to an activating group) is 1. The van der Waals surface area contributed by atoms with Gasteiger partial charge in [-0.05, 0) is 98.7 Å². The lowest BCUT2D eigenvalue weighted by Gasteiger charge is -2.31. The molecule has 45 heavy (non-hydrogen) atoms. The number of rotatable bonds is 11. The van der Waals surface area contributed by atoms with Crippen LogP contribution in [-0.2, 0) is 22.9 Å². The molecule has 1 aliphatic carbocycles. The molecule has 0 radical (unpaired) electrons. The molecule has 0 bridgehead atoms. The summed E-state index contributed by atoms with van der Waals surface area (Å²) in [6.07, 6.45) is 13.2. The van der Waals surface area contributed by atoms with Crippen molar-refractivity contribution in [3.8, 4) is 11.4 Å². The normalized spacial score (nSPS) is 17.0. The van der Waals surface area contributed by atoms with Crippen molar-refractivity contribution < 1.29 is 13.2 Å². The van der Waals surface area contributed by atoms with Crippen molar-refractivity contribution in [3.05, 3.63) is 99.1 Å². The molecule has 1 fully saturated rings. The first-order valence-electron chi connectivity index (χ1n) is 15.9. The molecule has 238 valence electrons. The summed E-state index contributed by atoms with van der Waals surface area (Å²) >= 11 is 0. The largest absolute Gasteiger partial charge is 0.488 e. The monoisotopic (exact) mass is 631 g/mol. The quantitative estimate of drug-likeness (QED) is 0.204. The number of hydrogen-bond donors (Lipinski definition) is 3. The van der Waals surface area contributed by atoms with Crippen LogP contribution in [-0.4, -0.2) is 42.1 Å². The Kier molecular flexibility index (Phi) is 9.16. The van der Waals surface area contributed by atoms with Crippen LogP contribution in [0.1, 0.15) is 63.1 Å². The number of imidazole rings is 1. The zero-order chi connectivity index (χ0) is 31.4. The molecule has 3 heterocycles. The third kappa shape index (κ3) is 7.19. The number of fused-ring (bicyclic) bond motifs is 1. The molecule has 11 heteroatoms. The maximum absolute atomic E-state index is 13.2. The summed E-state index contributed by atoms with van der Waals surface area (Å²) in [6, 6.07) is 15.2. The van der Waals surface area contributed by atoms with Crippen LogP contribution >= 0.6 is 0 Å². The molecule has 0 spiro atoms. The van der Waals surface area contributed by atoms with Gasteiger partial charge in [-0.2, -0.15) is 0 Å². The van der Waals surface area contributed by atoms with Gasteiger partial charge in [0, 0.05) is 30.3 Å². The summed E-state index contributed by atoms with van der Waals surface area (Å²) in [5.41, 5.74) is 3.15. The predicted molar refractivity (Wildman–Crippen MR) is 176 cm³/mol. The molecule has 6 rings (SSSR count). The minimum Gasteiger partial charge on any atom is -0.488 e. The summed E-state index contributed by atoms with van der Waals surface area (Å²) in [5.74, 6) is 1.44. The molecule has 3 N–H and O–H groups in total. The van der Waals surface area contributed by atoms with E-state index >= 15 is 0 Å². The minimum absolute atomic E-state index is 0.0985. The lowest BCUT2D eigenvalue weighted by atomic mass is 9.86. The summed E-state index contributed by atoms with van der Waals surface area (Å²) in [6.45, 7) is 3.25. The number of aromatic nitrogens is 3. The van der Waals surface area contributed by atoms with Gasteiger partial charge in [0.25, 0.3) is 15.6 Å². The lowest BCUT2D eigenvalue weighted by molar-refractivity contribution is 0.178. The van der Waals surface area contributed by atoms with E-state index in [2.05, 4.69) is 14.7 Å². The van der Waals surface area contributed by atoms with Gasteiger partial charge in [0.05, 0.1) is 17.1 Å². The number of nitrogens with zero attached hydrogens (tertiary/aromatic N) is 2. The molecule has 2 aromatic heterocycles. The fraction of sp³-hybridized carbons (Fsp3) is 0.412. The van der Waals surface area contributed by atoms with Gasteiger partial charge in [0.1, 0.15) is 17.5 Å². The van der Waals surface area contributed by atoms with Crippen LogP contribution in [0.15, 0.2) is 81.5 Å². The number of nitrogens with one attached hydrogen (secondary N) is 3. The average Bonchev–Trinajstić information content (AvgIpc) is 3.43. The van der Waals surface area contributed by atoms with Gasteiger partial charge in [-0.25, -0.2) is 13.2 Å². The second-order valence-electron chi connectivity index (χ2n) is 12.1. The van der Waals surface area contributed by atoms with Gasteiger partial charge < -0.3 is 19.6 Å². The summed E-state index contributed by atoms with van der Waals surface area (Å²) in [7, 11) is -3.85. The molecule has 1 aliphatic heterocycles. The fourth-order valence-electron chi connectivity index (χ4n) is 6.54. The van der Waals surface area contributed by atoms with E-state index in [9.17, 15) is 18.0 Å². The highest BCUT2D eigenvalue weighted by molar-refractivity contribution is 7.92. The maximum Gasteiger partial charge on any atom is 0.330 e. The van der Waals surface area contributed by atoms with Gasteiger partial charge in [0.2, 0.25) is 0 Å². The SMILES string of the molecule is CCN(CC1CCc2cc(NS(=O)(=O)c3ccc(-n4cc(CCC5CCCCC5)[nH]c4=O)cc3)ccc2O1)c1ccc[nH]c1=O. The van der Waals surface area contributed by atoms with Gasteiger partial charge in [-0.15, -0.1) is 0 Å². The average molecular weight is 632 g/mol. The summed E-state index contributed by atoms with van der Waals surface area (Å²) in [4.78, 5) is 32.7. The third-order valence-electron chi connectivity index (χ3n) is 9.03. The van der Waals surface area contributed by atoms with Crippen LogP contribution in [0.4, 0.5) is 11.4 Å². The third-order valence-corrected chi connectivity index (χ3v) is 10.4. The maximum atomic E-state index is 13.2. The van der Waals surface area contributed by atoms with E-state index in [1.165, 1.54) is 48.8 Å². The van der Waals surface area contributed by atoms with Crippen molar-refractivity contribution in [1.29, 1.82) is 0 Å². The molecule has 0 saturated heterocycles. The van der Waals surface area contributed by atoms with E-state index in [1.54, 1.807) is 36.5 Å². The van der Waals surface area contributed by atoms with Gasteiger partial charge >= 0.3 is 5.69 Å². The molecule has 1 atom stereocenters. The van der Waals surface area contributed by atoms with Crippen molar-refractivity contribution in [2.45, 2.75) is 75.7 Å². The molecular formula is C34H41N5O5S. The first-order valence-corrected chi connectivity index (χ1v) is 17.4. The number of anilines is 2. The number of benzene rings is 2. The zero-order valence-electron chi connectivity index (χ0n) is 25.6. The van der Waals surface area contributed by atoms with Gasteiger partial charge in [-0.3, -0.25) is 14.1 Å². The molecule has 1 unspecified atom stereocenters. The number of sulfonamides is 1. The highest BCUT2D eigenvalue weighted by Crippen LogP contribution is 2.32. The Hall–Kier alpha value is -4.25. The zero-order valence-corrected chi connectivity index (χ0v) is 26.4. The smallest absolute Gasteiger partial charge is 0.330 e. The van der Waals surface area contributed by atoms with Crippen LogP contribution in [0.25, 0.3) is 5.69 Å². The van der Waals surface area contributed by atoms with E-state index in [-0.39, 0.29) is 22.2 Å². The van der Waals surface area contributed by atoms with Crippen molar-refractivity contribution >= 4 is 21.4 Å². The van der Waals surface area contributed by atoms with E-state index in [4.69, 9.17) is 4.74 Å². The Labute approximate surface area is 263 Å². The van der Waals surface area contributed by atoms with Crippen LogP contribution in [0.3, 0.4) is 0 Å². The van der Waals surface area contributed by atoms with Crippen molar-refractivity contribution in [3.63, 3.8) is 0 Å². The number of aromatic amines is 2. The summed E-state index contributed by atoms with van der Waals surface area (Å²) < 4.78 is 36.9. The standard InChI is InChI=1S/C34H41N5O5S/c1-2-38(31-9-6-20-35-33(31)40)23-29-16-11-25-21-26(13-19-32(25)44-29)37-45(42,43)30-17-14-28(15-18-30)39-22-27(36-34(39)41)12-10-24-7-4-3-5-8-24/h6,9,13-15,17-22,24,29,37H,2-5,7-8,10-12,16,23H2,1H3,(H,35,40)(H,36,41). The van der Waals surface area contributed by atoms with Gasteiger partial charge in [-0.1, -0.05) is 32.1 Å². The number of ether oxygens (including phenoxy) is 1. The Morgan fingerprint density at radius 2 is 1.82 bits per heavy atom. The minimum atomic E-state index is -3.85. The Morgan fingerprint density at radius 1 is 1.02 bits per heavy atom. The number of aryl methyl sites for hydroxylation is 2. The summed E-state index contributed by atoms with van der Waals surface area (Å²) in [5, 5.41) is 0. The van der Waals surface area contributed by atoms with Crippen LogP contribution in [0.2, 0.25) is 0 Å². The number of pyridine rings is 1. The highest BCUT2D eigenvalue weighted by atomic mass is 32.2. The second-order valence-corrected chi connectivity index (χ2v) is 13.8. The Morgan fingerprint density at radius 3 is 2.58 bits per heavy atom. The van der Waals surface area contributed by atoms with Crippen molar-refractivity contribution in [1.82, 2.24) is 14.5 Å². The molecular weight excluding hydrogens is 590 g/mol.